The third-order valence-electron chi connectivity index (χ3n) is 2.87. The number of benzene rings is 1. The fraction of sp³-hybridized carbons (Fsp3) is 0.231. The molecule has 0 aliphatic carbocycles. The minimum atomic E-state index is -4.38. The van der Waals surface area contributed by atoms with Gasteiger partial charge in [0.05, 0.1) is 23.9 Å². The molecule has 0 spiro atoms. The molecule has 0 aliphatic rings. The minimum Gasteiger partial charge on any atom is -0.394 e. The summed E-state index contributed by atoms with van der Waals surface area (Å²) in [6.07, 6.45) is -3.04. The van der Waals surface area contributed by atoms with Crippen LogP contribution in [0.3, 0.4) is 0 Å². The molecule has 0 atom stereocenters. The fourth-order valence-corrected chi connectivity index (χ4v) is 1.78. The van der Waals surface area contributed by atoms with Gasteiger partial charge >= 0.3 is 6.18 Å². The molecular formula is C13H13F3N4O. The van der Waals surface area contributed by atoms with Crippen molar-refractivity contribution < 1.29 is 18.0 Å². The summed E-state index contributed by atoms with van der Waals surface area (Å²) >= 11 is 0. The number of halogens is 3. The van der Waals surface area contributed by atoms with Gasteiger partial charge in [0, 0.05) is 7.05 Å². The number of anilines is 2. The second kappa shape index (κ2) is 5.47. The van der Waals surface area contributed by atoms with Crippen molar-refractivity contribution in [2.75, 3.05) is 11.1 Å². The van der Waals surface area contributed by atoms with Crippen LogP contribution in [0.1, 0.15) is 11.1 Å². The molecule has 2 rings (SSSR count). The molecule has 0 saturated heterocycles. The van der Waals surface area contributed by atoms with Crippen LogP contribution in [-0.4, -0.2) is 15.7 Å². The first-order chi connectivity index (χ1) is 9.77. The van der Waals surface area contributed by atoms with Crippen molar-refractivity contribution in [1.82, 2.24) is 9.78 Å². The first kappa shape index (κ1) is 14.9. The van der Waals surface area contributed by atoms with Crippen LogP contribution < -0.4 is 11.1 Å². The van der Waals surface area contributed by atoms with Gasteiger partial charge < -0.3 is 11.1 Å². The number of carbonyl (C=O) groups excluding carboxylic acids is 1. The Kier molecular flexibility index (Phi) is 3.88. The Balaban J connectivity index is 2.03. The van der Waals surface area contributed by atoms with Crippen LogP contribution in [0.2, 0.25) is 0 Å². The van der Waals surface area contributed by atoms with Gasteiger partial charge in [-0.15, -0.1) is 0 Å². The summed E-state index contributed by atoms with van der Waals surface area (Å²) < 4.78 is 38.7. The SMILES string of the molecule is Cn1ncc(N)c1NC(=O)Cc1ccc(C(F)(F)F)cc1. The molecule has 1 aromatic heterocycles. The second-order valence-corrected chi connectivity index (χ2v) is 4.49. The highest BCUT2D eigenvalue weighted by Gasteiger charge is 2.29. The van der Waals surface area contributed by atoms with E-state index in [4.69, 9.17) is 5.73 Å². The van der Waals surface area contributed by atoms with E-state index < -0.39 is 11.7 Å². The number of nitrogen functional groups attached to an aromatic ring is 1. The summed E-state index contributed by atoms with van der Waals surface area (Å²) in [7, 11) is 1.62. The number of nitrogens with two attached hydrogens (primary N) is 1. The van der Waals surface area contributed by atoms with Gasteiger partial charge in [0.2, 0.25) is 5.91 Å². The number of alkyl halides is 3. The van der Waals surface area contributed by atoms with Gasteiger partial charge in [0.15, 0.2) is 5.82 Å². The first-order valence-corrected chi connectivity index (χ1v) is 6.01. The zero-order chi connectivity index (χ0) is 15.6. The first-order valence-electron chi connectivity index (χ1n) is 6.01. The highest BCUT2D eigenvalue weighted by molar-refractivity contribution is 5.93. The molecule has 0 unspecified atom stereocenters. The van der Waals surface area contributed by atoms with Gasteiger partial charge in [-0.05, 0) is 17.7 Å². The molecule has 2 aromatic rings. The van der Waals surface area contributed by atoms with Crippen LogP contribution in [0.15, 0.2) is 30.5 Å². The van der Waals surface area contributed by atoms with Crippen molar-refractivity contribution in [3.8, 4) is 0 Å². The summed E-state index contributed by atoms with van der Waals surface area (Å²) in [5, 5.41) is 6.43. The average molecular weight is 298 g/mol. The fourth-order valence-electron chi connectivity index (χ4n) is 1.78. The van der Waals surface area contributed by atoms with E-state index in [1.54, 1.807) is 7.05 Å². The zero-order valence-electron chi connectivity index (χ0n) is 11.1. The number of hydrogen-bond acceptors (Lipinski definition) is 3. The van der Waals surface area contributed by atoms with Gasteiger partial charge in [0.25, 0.3) is 0 Å². The van der Waals surface area contributed by atoms with E-state index in [-0.39, 0.29) is 12.3 Å². The number of nitrogens with zero attached hydrogens (tertiary/aromatic N) is 2. The van der Waals surface area contributed by atoms with E-state index in [0.717, 1.165) is 12.1 Å². The largest absolute Gasteiger partial charge is 0.416 e. The van der Waals surface area contributed by atoms with Gasteiger partial charge in [0.1, 0.15) is 0 Å². The Hall–Kier alpha value is -2.51. The number of carbonyl (C=O) groups is 1. The smallest absolute Gasteiger partial charge is 0.394 e. The van der Waals surface area contributed by atoms with Crippen molar-refractivity contribution in [1.29, 1.82) is 0 Å². The molecule has 1 amide bonds. The lowest BCUT2D eigenvalue weighted by atomic mass is 10.1. The van der Waals surface area contributed by atoms with Crippen molar-refractivity contribution in [2.24, 2.45) is 7.05 Å². The van der Waals surface area contributed by atoms with Crippen LogP contribution in [0.5, 0.6) is 0 Å². The molecule has 3 N–H and O–H groups in total. The predicted molar refractivity (Wildman–Crippen MR) is 71.4 cm³/mol. The third kappa shape index (κ3) is 3.53. The molecule has 0 aliphatic heterocycles. The standard InChI is InChI=1S/C13H13F3N4O/c1-20-12(10(17)7-18-20)19-11(21)6-8-2-4-9(5-3-8)13(14,15)16/h2-5,7H,6,17H2,1H3,(H,19,21). The second-order valence-electron chi connectivity index (χ2n) is 4.49. The van der Waals surface area contributed by atoms with Crippen molar-refractivity contribution in [3.63, 3.8) is 0 Å². The molecule has 5 nitrogen and oxygen atoms in total. The predicted octanol–water partition coefficient (Wildman–Crippen LogP) is 2.20. The summed E-state index contributed by atoms with van der Waals surface area (Å²) in [6.45, 7) is 0. The van der Waals surface area contributed by atoms with E-state index in [1.807, 2.05) is 0 Å². The van der Waals surface area contributed by atoms with Crippen LogP contribution >= 0.6 is 0 Å². The number of nitrogens with one attached hydrogen (secondary N) is 1. The highest BCUT2D eigenvalue weighted by atomic mass is 19.4. The molecule has 0 radical (unpaired) electrons. The van der Waals surface area contributed by atoms with Crippen LogP contribution in [-0.2, 0) is 24.4 Å². The maximum absolute atomic E-state index is 12.4. The Morgan fingerprint density at radius 2 is 1.95 bits per heavy atom. The zero-order valence-corrected chi connectivity index (χ0v) is 11.1. The topological polar surface area (TPSA) is 72.9 Å². The van der Waals surface area contributed by atoms with Gasteiger partial charge in [-0.2, -0.15) is 18.3 Å². The Morgan fingerprint density at radius 3 is 2.43 bits per heavy atom. The Labute approximate surface area is 118 Å². The lowest BCUT2D eigenvalue weighted by molar-refractivity contribution is -0.137. The number of hydrogen-bond donors (Lipinski definition) is 2. The number of aryl methyl sites for hydroxylation is 1. The summed E-state index contributed by atoms with van der Waals surface area (Å²) in [5.74, 6) is -0.0306. The molecule has 0 fully saturated rings. The molecule has 8 heteroatoms. The summed E-state index contributed by atoms with van der Waals surface area (Å²) in [4.78, 5) is 11.8. The summed E-state index contributed by atoms with van der Waals surface area (Å²) in [5.41, 5.74) is 5.67. The van der Waals surface area contributed by atoms with E-state index in [0.29, 0.717) is 17.1 Å². The number of aromatic nitrogens is 2. The molecule has 1 heterocycles. The number of amides is 1. The normalized spacial score (nSPS) is 11.4. The van der Waals surface area contributed by atoms with E-state index >= 15 is 0 Å². The van der Waals surface area contributed by atoms with Crippen LogP contribution in [0.4, 0.5) is 24.7 Å². The van der Waals surface area contributed by atoms with E-state index in [2.05, 4.69) is 10.4 Å². The maximum atomic E-state index is 12.4. The third-order valence-corrected chi connectivity index (χ3v) is 2.87. The van der Waals surface area contributed by atoms with Crippen molar-refractivity contribution in [2.45, 2.75) is 12.6 Å². The Morgan fingerprint density at radius 1 is 1.33 bits per heavy atom. The quantitative estimate of drug-likeness (QED) is 0.912. The molecule has 1 aromatic carbocycles. The van der Waals surface area contributed by atoms with Crippen molar-refractivity contribution >= 4 is 17.4 Å². The van der Waals surface area contributed by atoms with E-state index in [9.17, 15) is 18.0 Å². The highest BCUT2D eigenvalue weighted by Crippen LogP contribution is 2.29. The lowest BCUT2D eigenvalue weighted by Gasteiger charge is -2.09. The maximum Gasteiger partial charge on any atom is 0.416 e. The molecule has 112 valence electrons. The molecular weight excluding hydrogens is 285 g/mol. The molecule has 21 heavy (non-hydrogen) atoms. The lowest BCUT2D eigenvalue weighted by Crippen LogP contribution is -2.17. The van der Waals surface area contributed by atoms with Gasteiger partial charge in [-0.1, -0.05) is 12.1 Å². The molecule has 0 bridgehead atoms. The van der Waals surface area contributed by atoms with E-state index in [1.165, 1.54) is 23.0 Å². The minimum absolute atomic E-state index is 0.0528. The summed E-state index contributed by atoms with van der Waals surface area (Å²) in [6, 6.07) is 4.44. The van der Waals surface area contributed by atoms with Gasteiger partial charge in [-0.25, -0.2) is 0 Å². The molecule has 0 saturated carbocycles. The van der Waals surface area contributed by atoms with Crippen LogP contribution in [0.25, 0.3) is 0 Å². The van der Waals surface area contributed by atoms with Crippen LogP contribution in [0, 0.1) is 0 Å². The van der Waals surface area contributed by atoms with Crippen molar-refractivity contribution in [3.05, 3.63) is 41.6 Å². The van der Waals surface area contributed by atoms with Gasteiger partial charge in [-0.3, -0.25) is 9.48 Å². The average Bonchev–Trinajstić information content (AvgIpc) is 2.70. The number of rotatable bonds is 3. The Bertz CT molecular complexity index is 627. The monoisotopic (exact) mass is 298 g/mol.